The first kappa shape index (κ1) is 10.1. The predicted octanol–water partition coefficient (Wildman–Crippen LogP) is 1.72. The molecular weight excluding hydrogens is 212 g/mol. The van der Waals surface area contributed by atoms with Gasteiger partial charge in [-0.15, -0.1) is 0 Å². The summed E-state index contributed by atoms with van der Waals surface area (Å²) >= 11 is 0. The van der Waals surface area contributed by atoms with Crippen molar-refractivity contribution in [1.29, 1.82) is 0 Å². The van der Waals surface area contributed by atoms with Crippen LogP contribution in [0.3, 0.4) is 0 Å². The van der Waals surface area contributed by atoms with Crippen molar-refractivity contribution in [3.8, 4) is 11.1 Å². The van der Waals surface area contributed by atoms with Crippen LogP contribution in [0.25, 0.3) is 11.1 Å². The van der Waals surface area contributed by atoms with Crippen LogP contribution in [0.5, 0.6) is 0 Å². The number of carbonyl (C=O) groups excluding carboxylic acids is 1. The van der Waals surface area contributed by atoms with E-state index in [4.69, 9.17) is 0 Å². The van der Waals surface area contributed by atoms with Crippen molar-refractivity contribution < 1.29 is 9.90 Å². The van der Waals surface area contributed by atoms with E-state index in [1.807, 2.05) is 48.5 Å². The number of hydrogen-bond donors (Lipinski definition) is 0. The zero-order chi connectivity index (χ0) is 12.0. The van der Waals surface area contributed by atoms with Gasteiger partial charge in [0, 0.05) is 0 Å². The van der Waals surface area contributed by atoms with Crippen LogP contribution < -0.4 is 5.11 Å². The molecule has 0 N–H and O–H groups in total. The minimum absolute atomic E-state index is 0.821. The molecule has 2 heteroatoms. The summed E-state index contributed by atoms with van der Waals surface area (Å²) in [6.07, 6.45) is 0. The molecule has 0 fully saturated rings. The van der Waals surface area contributed by atoms with E-state index in [1.165, 1.54) is 0 Å². The minimum atomic E-state index is -1.05. The van der Waals surface area contributed by atoms with Crippen molar-refractivity contribution in [2.75, 3.05) is 0 Å². The van der Waals surface area contributed by atoms with Crippen molar-refractivity contribution in [1.82, 2.24) is 0 Å². The van der Waals surface area contributed by atoms with Crippen LogP contribution in [0.15, 0.2) is 48.5 Å². The lowest BCUT2D eigenvalue weighted by atomic mass is 9.80. The standard InChI is InChI=1S/C15H12O2/c1-15(14(16)17)12-8-4-2-6-10(12)11-7-3-5-9-13(11)15/h2-9H,1H3,(H,16,17)/p-1. The molecule has 0 unspecified atom stereocenters. The number of carbonyl (C=O) groups is 1. The topological polar surface area (TPSA) is 40.1 Å². The van der Waals surface area contributed by atoms with E-state index in [0.717, 1.165) is 22.3 Å². The highest BCUT2D eigenvalue weighted by Crippen LogP contribution is 2.48. The predicted molar refractivity (Wildman–Crippen MR) is 63.3 cm³/mol. The van der Waals surface area contributed by atoms with Gasteiger partial charge in [-0.1, -0.05) is 48.5 Å². The first-order valence-corrected chi connectivity index (χ1v) is 5.56. The second-order valence-corrected chi connectivity index (χ2v) is 4.50. The molecule has 3 rings (SSSR count). The number of benzene rings is 2. The van der Waals surface area contributed by atoms with Crippen LogP contribution in [-0.2, 0) is 10.2 Å². The summed E-state index contributed by atoms with van der Waals surface area (Å²) < 4.78 is 0. The zero-order valence-corrected chi connectivity index (χ0v) is 9.44. The molecule has 1 aliphatic carbocycles. The fourth-order valence-corrected chi connectivity index (χ4v) is 2.67. The normalized spacial score (nSPS) is 15.1. The number of carboxylic acid groups (broad SMARTS) is 1. The molecule has 2 aromatic rings. The summed E-state index contributed by atoms with van der Waals surface area (Å²) in [7, 11) is 0. The lowest BCUT2D eigenvalue weighted by molar-refractivity contribution is -0.311. The molecule has 0 aromatic heterocycles. The molecular formula is C15H11O2-. The Kier molecular flexibility index (Phi) is 1.90. The zero-order valence-electron chi connectivity index (χ0n) is 9.44. The molecule has 1 aliphatic rings. The molecule has 0 saturated carbocycles. The van der Waals surface area contributed by atoms with E-state index in [0.29, 0.717) is 0 Å². The SMILES string of the molecule is CC1(C(=O)[O-])c2ccccc2-c2ccccc21. The lowest BCUT2D eigenvalue weighted by Crippen LogP contribution is -2.43. The Balaban J connectivity index is 2.43. The van der Waals surface area contributed by atoms with Gasteiger partial charge < -0.3 is 9.90 Å². The minimum Gasteiger partial charge on any atom is -0.549 e. The Morgan fingerprint density at radius 2 is 1.35 bits per heavy atom. The smallest absolute Gasteiger partial charge is 0.0581 e. The van der Waals surface area contributed by atoms with Gasteiger partial charge in [0.15, 0.2) is 0 Å². The van der Waals surface area contributed by atoms with E-state index in [9.17, 15) is 9.90 Å². The van der Waals surface area contributed by atoms with Gasteiger partial charge in [-0.2, -0.15) is 0 Å². The highest BCUT2D eigenvalue weighted by molar-refractivity contribution is 5.95. The van der Waals surface area contributed by atoms with E-state index < -0.39 is 11.4 Å². The second kappa shape index (κ2) is 3.20. The third-order valence-corrected chi connectivity index (χ3v) is 3.63. The fourth-order valence-electron chi connectivity index (χ4n) is 2.67. The van der Waals surface area contributed by atoms with Gasteiger partial charge in [0.2, 0.25) is 0 Å². The summed E-state index contributed by atoms with van der Waals surface area (Å²) in [6.45, 7) is 1.72. The van der Waals surface area contributed by atoms with E-state index in [2.05, 4.69) is 0 Å². The number of carboxylic acids is 1. The molecule has 84 valence electrons. The van der Waals surface area contributed by atoms with Gasteiger partial charge in [0.25, 0.3) is 0 Å². The maximum atomic E-state index is 11.5. The number of fused-ring (bicyclic) bond motifs is 3. The molecule has 0 spiro atoms. The maximum absolute atomic E-state index is 11.5. The van der Waals surface area contributed by atoms with Crippen LogP contribution in [0.4, 0.5) is 0 Å². The summed E-state index contributed by atoms with van der Waals surface area (Å²) in [5, 5.41) is 11.5. The van der Waals surface area contributed by atoms with Gasteiger partial charge in [0.1, 0.15) is 0 Å². The van der Waals surface area contributed by atoms with Crippen LogP contribution in [0, 0.1) is 0 Å². The molecule has 0 amide bonds. The summed E-state index contributed by atoms with van der Waals surface area (Å²) in [6, 6.07) is 15.2. The molecule has 0 saturated heterocycles. The number of aliphatic carboxylic acids is 1. The van der Waals surface area contributed by atoms with Crippen molar-refractivity contribution >= 4 is 5.97 Å². The van der Waals surface area contributed by atoms with E-state index >= 15 is 0 Å². The first-order chi connectivity index (χ1) is 8.15. The Labute approximate surface area is 99.5 Å². The van der Waals surface area contributed by atoms with Crippen LogP contribution in [0.2, 0.25) is 0 Å². The van der Waals surface area contributed by atoms with Gasteiger partial charge >= 0.3 is 0 Å². The molecule has 2 aromatic carbocycles. The second-order valence-electron chi connectivity index (χ2n) is 4.50. The molecule has 0 radical (unpaired) electrons. The summed E-state index contributed by atoms with van der Waals surface area (Å²) in [4.78, 5) is 11.5. The van der Waals surface area contributed by atoms with E-state index in [-0.39, 0.29) is 0 Å². The average molecular weight is 223 g/mol. The summed E-state index contributed by atoms with van der Waals surface area (Å²) in [5.74, 6) is -1.05. The maximum Gasteiger partial charge on any atom is 0.0581 e. The van der Waals surface area contributed by atoms with Gasteiger partial charge in [-0.3, -0.25) is 0 Å². The van der Waals surface area contributed by atoms with E-state index in [1.54, 1.807) is 6.92 Å². The monoisotopic (exact) mass is 223 g/mol. The van der Waals surface area contributed by atoms with Gasteiger partial charge in [0.05, 0.1) is 11.4 Å². The van der Waals surface area contributed by atoms with Crippen molar-refractivity contribution in [2.45, 2.75) is 12.3 Å². The fraction of sp³-hybridized carbons (Fsp3) is 0.133. The Morgan fingerprint density at radius 3 is 1.76 bits per heavy atom. The highest BCUT2D eigenvalue weighted by atomic mass is 16.4. The van der Waals surface area contributed by atoms with Gasteiger partial charge in [-0.25, -0.2) is 0 Å². The molecule has 0 heterocycles. The molecule has 0 atom stereocenters. The Bertz CT molecular complexity index is 568. The van der Waals surface area contributed by atoms with Crippen molar-refractivity contribution in [3.05, 3.63) is 59.7 Å². The molecule has 2 nitrogen and oxygen atoms in total. The van der Waals surface area contributed by atoms with Crippen molar-refractivity contribution in [2.24, 2.45) is 0 Å². The van der Waals surface area contributed by atoms with Gasteiger partial charge in [-0.05, 0) is 29.2 Å². The summed E-state index contributed by atoms with van der Waals surface area (Å²) in [5.41, 5.74) is 2.60. The molecule has 17 heavy (non-hydrogen) atoms. The molecule has 0 aliphatic heterocycles. The van der Waals surface area contributed by atoms with Crippen LogP contribution >= 0.6 is 0 Å². The highest BCUT2D eigenvalue weighted by Gasteiger charge is 2.39. The van der Waals surface area contributed by atoms with Crippen molar-refractivity contribution in [3.63, 3.8) is 0 Å². The molecule has 0 bridgehead atoms. The van der Waals surface area contributed by atoms with Crippen LogP contribution in [-0.4, -0.2) is 5.97 Å². The largest absolute Gasteiger partial charge is 0.549 e. The number of hydrogen-bond acceptors (Lipinski definition) is 2. The third kappa shape index (κ3) is 1.12. The first-order valence-electron chi connectivity index (χ1n) is 5.56. The average Bonchev–Trinajstić information content (AvgIpc) is 2.63. The Hall–Kier alpha value is -2.09. The Morgan fingerprint density at radius 1 is 0.941 bits per heavy atom. The third-order valence-electron chi connectivity index (χ3n) is 3.63. The van der Waals surface area contributed by atoms with Crippen LogP contribution in [0.1, 0.15) is 18.1 Å². The quantitative estimate of drug-likeness (QED) is 0.738. The number of rotatable bonds is 1. The lowest BCUT2D eigenvalue weighted by Gasteiger charge is -2.28.